The molecule has 2 aromatic rings. The average Bonchev–Trinajstić information content (AvgIpc) is 3.05. The number of para-hydroxylation sites is 1. The van der Waals surface area contributed by atoms with E-state index < -0.39 is 11.9 Å². The molecule has 2 aromatic carbocycles. The van der Waals surface area contributed by atoms with Crippen LogP contribution in [0.2, 0.25) is 0 Å². The quantitative estimate of drug-likeness (QED) is 0.704. The Morgan fingerprint density at radius 2 is 1.59 bits per heavy atom. The second-order valence-corrected chi connectivity index (χ2v) is 7.00. The molecule has 1 N–H and O–H groups in total. The van der Waals surface area contributed by atoms with Crippen molar-refractivity contribution in [3.05, 3.63) is 101 Å². The van der Waals surface area contributed by atoms with Crippen molar-refractivity contribution < 1.29 is 23.9 Å². The smallest absolute Gasteiger partial charge is 0.355 e. The molecule has 1 heterocycles. The van der Waals surface area contributed by atoms with Crippen LogP contribution in [0, 0.1) is 6.92 Å². The third-order valence-corrected chi connectivity index (χ3v) is 4.87. The number of hydrogen-bond acceptors (Lipinski definition) is 6. The number of nitrogens with one attached hydrogen (secondary N) is 1. The van der Waals surface area contributed by atoms with E-state index in [0.717, 1.165) is 11.1 Å². The van der Waals surface area contributed by atoms with Crippen molar-refractivity contribution in [3.8, 4) is 0 Å². The summed E-state index contributed by atoms with van der Waals surface area (Å²) in [4.78, 5) is 39.5. The fraction of sp³-hybridized carbons (Fsp3) is 0.160. The second-order valence-electron chi connectivity index (χ2n) is 7.00. The van der Waals surface area contributed by atoms with Gasteiger partial charge in [-0.15, -0.1) is 0 Å². The van der Waals surface area contributed by atoms with Gasteiger partial charge in [0.05, 0.1) is 31.0 Å². The predicted molar refractivity (Wildman–Crippen MR) is 121 cm³/mol. The van der Waals surface area contributed by atoms with Crippen LogP contribution in [0.3, 0.4) is 0 Å². The van der Waals surface area contributed by atoms with E-state index in [2.05, 4.69) is 5.32 Å². The van der Waals surface area contributed by atoms with Crippen molar-refractivity contribution in [1.29, 1.82) is 0 Å². The van der Waals surface area contributed by atoms with Crippen LogP contribution in [0.4, 0.5) is 5.69 Å². The predicted octanol–water partition coefficient (Wildman–Crippen LogP) is 3.42. The molecule has 0 saturated heterocycles. The summed E-state index contributed by atoms with van der Waals surface area (Å²) in [6.45, 7) is 2.34. The minimum Gasteiger partial charge on any atom is -0.465 e. The van der Waals surface area contributed by atoms with Crippen molar-refractivity contribution in [1.82, 2.24) is 5.32 Å². The molecule has 32 heavy (non-hydrogen) atoms. The van der Waals surface area contributed by atoms with Gasteiger partial charge in [0, 0.05) is 12.7 Å². The van der Waals surface area contributed by atoms with Crippen molar-refractivity contribution in [2.45, 2.75) is 13.5 Å². The van der Waals surface area contributed by atoms with Gasteiger partial charge in [-0.2, -0.15) is 0 Å². The SMILES string of the molecule is COC(=O)C1=C(C(=O)OC)N(c2ccccc2C(=O)NCc2ccc(C)cc2)C=CC=C1. The molecule has 0 fully saturated rings. The van der Waals surface area contributed by atoms with Crippen LogP contribution < -0.4 is 10.2 Å². The number of aryl methyl sites for hydroxylation is 1. The van der Waals surface area contributed by atoms with E-state index >= 15 is 0 Å². The lowest BCUT2D eigenvalue weighted by atomic mass is 10.1. The third kappa shape index (κ3) is 4.95. The molecule has 0 aromatic heterocycles. The summed E-state index contributed by atoms with van der Waals surface area (Å²) < 4.78 is 9.76. The zero-order valence-corrected chi connectivity index (χ0v) is 18.1. The van der Waals surface area contributed by atoms with Gasteiger partial charge in [-0.25, -0.2) is 9.59 Å². The summed E-state index contributed by atoms with van der Waals surface area (Å²) in [5.74, 6) is -1.76. The highest BCUT2D eigenvalue weighted by atomic mass is 16.5. The van der Waals surface area contributed by atoms with Gasteiger partial charge in [0.25, 0.3) is 5.91 Å². The Kier molecular flexibility index (Phi) is 7.23. The molecule has 0 unspecified atom stereocenters. The van der Waals surface area contributed by atoms with Crippen molar-refractivity contribution in [3.63, 3.8) is 0 Å². The normalized spacial score (nSPS) is 12.9. The lowest BCUT2D eigenvalue weighted by Gasteiger charge is -2.25. The molecule has 0 bridgehead atoms. The number of rotatable bonds is 6. The first-order valence-corrected chi connectivity index (χ1v) is 9.94. The number of anilines is 1. The molecule has 1 aliphatic rings. The highest BCUT2D eigenvalue weighted by Gasteiger charge is 2.29. The van der Waals surface area contributed by atoms with Crippen molar-refractivity contribution in [2.75, 3.05) is 19.1 Å². The Balaban J connectivity index is 1.99. The summed E-state index contributed by atoms with van der Waals surface area (Å²) in [7, 11) is 2.45. The monoisotopic (exact) mass is 432 g/mol. The maximum absolute atomic E-state index is 13.1. The highest BCUT2D eigenvalue weighted by Crippen LogP contribution is 2.29. The van der Waals surface area contributed by atoms with Gasteiger partial charge in [0.2, 0.25) is 0 Å². The molecule has 0 radical (unpaired) electrons. The number of methoxy groups -OCH3 is 2. The number of hydrogen-bond donors (Lipinski definition) is 1. The van der Waals surface area contributed by atoms with Gasteiger partial charge in [0.15, 0.2) is 0 Å². The van der Waals surface area contributed by atoms with E-state index in [0.29, 0.717) is 17.8 Å². The maximum atomic E-state index is 13.1. The third-order valence-electron chi connectivity index (χ3n) is 4.87. The Morgan fingerprint density at radius 1 is 0.906 bits per heavy atom. The summed E-state index contributed by atoms with van der Waals surface area (Å²) in [6.07, 6.45) is 6.31. The summed E-state index contributed by atoms with van der Waals surface area (Å²) in [5.41, 5.74) is 2.80. The minimum atomic E-state index is -0.739. The Hall–Kier alpha value is -4.13. The molecule has 7 heteroatoms. The van der Waals surface area contributed by atoms with E-state index in [9.17, 15) is 14.4 Å². The molecule has 3 rings (SSSR count). The fourth-order valence-electron chi connectivity index (χ4n) is 3.21. The van der Waals surface area contributed by atoms with E-state index in [-0.39, 0.29) is 17.2 Å². The second kappa shape index (κ2) is 10.3. The van der Waals surface area contributed by atoms with Crippen LogP contribution in [-0.4, -0.2) is 32.1 Å². The number of nitrogens with zero attached hydrogens (tertiary/aromatic N) is 1. The Bertz CT molecular complexity index is 1110. The maximum Gasteiger partial charge on any atom is 0.355 e. The van der Waals surface area contributed by atoms with Gasteiger partial charge in [-0.05, 0) is 36.8 Å². The number of esters is 2. The lowest BCUT2D eigenvalue weighted by molar-refractivity contribution is -0.139. The molecule has 0 aliphatic carbocycles. The molecular weight excluding hydrogens is 408 g/mol. The Labute approximate surface area is 186 Å². The van der Waals surface area contributed by atoms with Crippen molar-refractivity contribution >= 4 is 23.5 Å². The van der Waals surface area contributed by atoms with E-state index in [4.69, 9.17) is 9.47 Å². The molecule has 0 atom stereocenters. The standard InChI is InChI=1S/C25H24N2O5/c1-17-11-13-18(14-12-17)16-26-23(28)19-8-4-5-10-21(19)27-15-7-6-9-20(24(29)31-2)22(27)25(30)32-3/h4-15H,16H2,1-3H3,(H,26,28). The topological polar surface area (TPSA) is 84.9 Å². The zero-order chi connectivity index (χ0) is 23.1. The number of benzene rings is 2. The number of amides is 1. The molecule has 164 valence electrons. The number of carbonyl (C=O) groups excluding carboxylic acids is 3. The summed E-state index contributed by atoms with van der Waals surface area (Å²) in [6, 6.07) is 14.7. The summed E-state index contributed by atoms with van der Waals surface area (Å²) in [5, 5.41) is 2.90. The van der Waals surface area contributed by atoms with Crippen LogP contribution >= 0.6 is 0 Å². The number of ether oxygens (including phenoxy) is 2. The average molecular weight is 432 g/mol. The number of carbonyl (C=O) groups is 3. The first-order chi connectivity index (χ1) is 15.5. The van der Waals surface area contributed by atoms with E-state index in [1.807, 2.05) is 31.2 Å². The lowest BCUT2D eigenvalue weighted by Crippen LogP contribution is -2.30. The number of allylic oxidation sites excluding steroid dienone is 2. The van der Waals surface area contributed by atoms with Gasteiger partial charge >= 0.3 is 11.9 Å². The van der Waals surface area contributed by atoms with Crippen LogP contribution in [0.25, 0.3) is 0 Å². The molecular formula is C25H24N2O5. The van der Waals surface area contributed by atoms with E-state index in [1.54, 1.807) is 42.6 Å². The summed E-state index contributed by atoms with van der Waals surface area (Å²) >= 11 is 0. The first kappa shape index (κ1) is 22.6. The van der Waals surface area contributed by atoms with Gasteiger partial charge < -0.3 is 19.7 Å². The van der Waals surface area contributed by atoms with Crippen LogP contribution in [0.1, 0.15) is 21.5 Å². The zero-order valence-electron chi connectivity index (χ0n) is 18.1. The minimum absolute atomic E-state index is 0.0132. The van der Waals surface area contributed by atoms with Crippen LogP contribution in [0.15, 0.2) is 84.2 Å². The van der Waals surface area contributed by atoms with Gasteiger partial charge in [-0.3, -0.25) is 4.79 Å². The van der Waals surface area contributed by atoms with E-state index in [1.165, 1.54) is 25.2 Å². The first-order valence-electron chi connectivity index (χ1n) is 9.94. The largest absolute Gasteiger partial charge is 0.465 e. The highest BCUT2D eigenvalue weighted by molar-refractivity contribution is 6.07. The van der Waals surface area contributed by atoms with Crippen molar-refractivity contribution in [2.24, 2.45) is 0 Å². The Morgan fingerprint density at radius 3 is 2.28 bits per heavy atom. The molecule has 0 spiro atoms. The van der Waals surface area contributed by atoms with Gasteiger partial charge in [0.1, 0.15) is 5.70 Å². The van der Waals surface area contributed by atoms with Crippen LogP contribution in [-0.2, 0) is 25.6 Å². The van der Waals surface area contributed by atoms with Gasteiger partial charge in [-0.1, -0.05) is 48.0 Å². The van der Waals surface area contributed by atoms with Crippen LogP contribution in [0.5, 0.6) is 0 Å². The molecule has 1 aliphatic heterocycles. The molecule has 0 saturated carbocycles. The molecule has 1 amide bonds. The molecule has 7 nitrogen and oxygen atoms in total. The fourth-order valence-corrected chi connectivity index (χ4v) is 3.21.